The van der Waals surface area contributed by atoms with E-state index in [0.717, 1.165) is 22.3 Å². The maximum absolute atomic E-state index is 12.4. The zero-order valence-corrected chi connectivity index (χ0v) is 12.3. The summed E-state index contributed by atoms with van der Waals surface area (Å²) in [6, 6.07) is 15.8. The van der Waals surface area contributed by atoms with Crippen LogP contribution in [0.4, 0.5) is 0 Å². The smallest absolute Gasteiger partial charge is 0.233 e. The second-order valence-corrected chi connectivity index (χ2v) is 6.82. The molecule has 2 amide bonds. The molecule has 1 aliphatic heterocycles. The molecule has 0 radical (unpaired) electrons. The van der Waals surface area contributed by atoms with Gasteiger partial charge in [0, 0.05) is 5.92 Å². The van der Waals surface area contributed by atoms with E-state index in [9.17, 15) is 9.59 Å². The topological polar surface area (TPSA) is 46.2 Å². The summed E-state index contributed by atoms with van der Waals surface area (Å²) in [4.78, 5) is 23.8. The summed E-state index contributed by atoms with van der Waals surface area (Å²) in [6.45, 7) is 0. The summed E-state index contributed by atoms with van der Waals surface area (Å²) >= 11 is 7.11. The van der Waals surface area contributed by atoms with Crippen LogP contribution in [-0.4, -0.2) is 11.8 Å². The number of carbonyl (C=O) groups excluding carboxylic acids is 2. The minimum Gasteiger partial charge on any atom is -0.296 e. The zero-order valence-electron chi connectivity index (χ0n) is 11.5. The molecule has 0 spiro atoms. The summed E-state index contributed by atoms with van der Waals surface area (Å²) in [7, 11) is 0. The van der Waals surface area contributed by atoms with Gasteiger partial charge in [-0.05, 0) is 22.3 Å². The van der Waals surface area contributed by atoms with Crippen LogP contribution >= 0.6 is 11.6 Å². The molecule has 1 saturated heterocycles. The van der Waals surface area contributed by atoms with Crippen LogP contribution in [0, 0.1) is 11.8 Å². The van der Waals surface area contributed by atoms with Gasteiger partial charge in [0.05, 0.1) is 11.8 Å². The number of halogens is 1. The van der Waals surface area contributed by atoms with Crippen molar-refractivity contribution in [1.29, 1.82) is 0 Å². The lowest BCUT2D eigenvalue weighted by Crippen LogP contribution is -2.50. The highest BCUT2D eigenvalue weighted by Crippen LogP contribution is 2.64. The van der Waals surface area contributed by atoms with Gasteiger partial charge in [-0.3, -0.25) is 14.9 Å². The Bertz CT molecular complexity index is 812. The van der Waals surface area contributed by atoms with Crippen molar-refractivity contribution in [1.82, 2.24) is 5.32 Å². The predicted octanol–water partition coefficient (Wildman–Crippen LogP) is 2.52. The fourth-order valence-corrected chi connectivity index (χ4v) is 5.18. The van der Waals surface area contributed by atoms with Crippen LogP contribution in [0.2, 0.25) is 0 Å². The number of rotatable bonds is 0. The highest BCUT2D eigenvalue weighted by molar-refractivity contribution is 6.30. The molecule has 3 nitrogen and oxygen atoms in total. The summed E-state index contributed by atoms with van der Waals surface area (Å²) in [5.41, 5.74) is 4.07. The SMILES string of the molecule is O=C1NC(=O)[C@H]2[C@@H]1C1c3ccccc3C2(Cl)c2ccccc21. The molecule has 2 aromatic rings. The van der Waals surface area contributed by atoms with Crippen molar-refractivity contribution < 1.29 is 9.59 Å². The number of hydrogen-bond donors (Lipinski definition) is 1. The Labute approximate surface area is 132 Å². The van der Waals surface area contributed by atoms with E-state index < -0.39 is 16.7 Å². The first-order chi connectivity index (χ1) is 10.6. The highest BCUT2D eigenvalue weighted by Gasteiger charge is 2.65. The van der Waals surface area contributed by atoms with Gasteiger partial charge in [0.25, 0.3) is 0 Å². The molecule has 1 N–H and O–H groups in total. The molecule has 3 aliphatic carbocycles. The highest BCUT2D eigenvalue weighted by atomic mass is 35.5. The van der Waals surface area contributed by atoms with Gasteiger partial charge >= 0.3 is 0 Å². The van der Waals surface area contributed by atoms with Crippen molar-refractivity contribution in [2.75, 3.05) is 0 Å². The van der Waals surface area contributed by atoms with Crippen LogP contribution < -0.4 is 5.32 Å². The monoisotopic (exact) mass is 309 g/mol. The molecule has 2 bridgehead atoms. The lowest BCUT2D eigenvalue weighted by molar-refractivity contribution is -0.126. The molecule has 0 saturated carbocycles. The molecular weight excluding hydrogens is 298 g/mol. The van der Waals surface area contributed by atoms with Crippen molar-refractivity contribution in [3.63, 3.8) is 0 Å². The molecule has 2 atom stereocenters. The van der Waals surface area contributed by atoms with E-state index in [2.05, 4.69) is 5.32 Å². The molecule has 108 valence electrons. The fourth-order valence-electron chi connectivity index (χ4n) is 4.60. The van der Waals surface area contributed by atoms with E-state index in [0.29, 0.717) is 0 Å². The second kappa shape index (κ2) is 3.79. The third-order valence-corrected chi connectivity index (χ3v) is 6.00. The number of alkyl halides is 1. The van der Waals surface area contributed by atoms with Crippen molar-refractivity contribution in [3.05, 3.63) is 70.8 Å². The van der Waals surface area contributed by atoms with Crippen molar-refractivity contribution in [2.24, 2.45) is 11.8 Å². The van der Waals surface area contributed by atoms with Crippen molar-refractivity contribution >= 4 is 23.4 Å². The van der Waals surface area contributed by atoms with Crippen LogP contribution in [0.3, 0.4) is 0 Å². The zero-order chi connectivity index (χ0) is 15.1. The van der Waals surface area contributed by atoms with E-state index in [1.165, 1.54) is 0 Å². The summed E-state index contributed by atoms with van der Waals surface area (Å²) in [6.07, 6.45) is 0. The molecule has 4 aliphatic rings. The van der Waals surface area contributed by atoms with Gasteiger partial charge in [0.2, 0.25) is 11.8 Å². The second-order valence-electron chi connectivity index (χ2n) is 6.22. The van der Waals surface area contributed by atoms with Crippen LogP contribution in [0.1, 0.15) is 28.2 Å². The standard InChI is InChI=1S/C18H12ClNO2/c19-18-11-7-3-1-5-9(11)13(10-6-2-4-8-12(10)18)14-15(18)17(22)20-16(14)21/h1-8,13-15H,(H,20,21,22)/t13?,14-,15+,18?/m0/s1. The van der Waals surface area contributed by atoms with Crippen LogP contribution in [0.5, 0.6) is 0 Å². The van der Waals surface area contributed by atoms with Gasteiger partial charge in [-0.15, -0.1) is 11.6 Å². The Morgan fingerprint density at radius 1 is 0.864 bits per heavy atom. The van der Waals surface area contributed by atoms with E-state index in [1.807, 2.05) is 48.5 Å². The Hall–Kier alpha value is -2.13. The minimum absolute atomic E-state index is 0.0931. The molecule has 2 aromatic carbocycles. The molecule has 1 fully saturated rings. The molecular formula is C18H12ClNO2. The quantitative estimate of drug-likeness (QED) is 0.600. The minimum atomic E-state index is -0.956. The first-order valence-corrected chi connectivity index (χ1v) is 7.74. The first-order valence-electron chi connectivity index (χ1n) is 7.36. The largest absolute Gasteiger partial charge is 0.296 e. The number of hydrogen-bond acceptors (Lipinski definition) is 2. The predicted molar refractivity (Wildman–Crippen MR) is 81.5 cm³/mol. The Kier molecular flexibility index (Phi) is 2.14. The van der Waals surface area contributed by atoms with Gasteiger partial charge in [-0.2, -0.15) is 0 Å². The normalized spacial score (nSPS) is 34.0. The average molecular weight is 310 g/mol. The fraction of sp³-hybridized carbons (Fsp3) is 0.222. The third-order valence-electron chi connectivity index (χ3n) is 5.35. The number of amides is 2. The molecule has 6 rings (SSSR count). The molecule has 4 heteroatoms. The third kappa shape index (κ3) is 1.17. The summed E-state index contributed by atoms with van der Waals surface area (Å²) in [5.74, 6) is -1.48. The van der Waals surface area contributed by atoms with Gasteiger partial charge in [-0.1, -0.05) is 48.5 Å². The molecule has 0 unspecified atom stereocenters. The number of imide groups is 1. The maximum Gasteiger partial charge on any atom is 0.233 e. The number of carbonyl (C=O) groups is 2. The van der Waals surface area contributed by atoms with E-state index in [4.69, 9.17) is 11.6 Å². The Morgan fingerprint density at radius 3 is 2.00 bits per heavy atom. The number of benzene rings is 2. The summed E-state index contributed by atoms with van der Waals surface area (Å²) in [5, 5.41) is 2.49. The summed E-state index contributed by atoms with van der Waals surface area (Å²) < 4.78 is 0. The van der Waals surface area contributed by atoms with E-state index in [-0.39, 0.29) is 17.7 Å². The Balaban J connectivity index is 1.94. The Morgan fingerprint density at radius 2 is 1.41 bits per heavy atom. The van der Waals surface area contributed by atoms with Gasteiger partial charge in [-0.25, -0.2) is 0 Å². The van der Waals surface area contributed by atoms with Crippen LogP contribution in [0.25, 0.3) is 0 Å². The van der Waals surface area contributed by atoms with Crippen LogP contribution in [0.15, 0.2) is 48.5 Å². The number of nitrogens with one attached hydrogen (secondary N) is 1. The molecule has 22 heavy (non-hydrogen) atoms. The lowest BCUT2D eigenvalue weighted by Gasteiger charge is -2.50. The van der Waals surface area contributed by atoms with Crippen molar-refractivity contribution in [3.8, 4) is 0 Å². The van der Waals surface area contributed by atoms with Crippen LogP contribution in [-0.2, 0) is 14.5 Å². The van der Waals surface area contributed by atoms with Gasteiger partial charge < -0.3 is 0 Å². The lowest BCUT2D eigenvalue weighted by atomic mass is 9.54. The maximum atomic E-state index is 12.4. The van der Waals surface area contributed by atoms with Gasteiger partial charge in [0.1, 0.15) is 4.87 Å². The van der Waals surface area contributed by atoms with Gasteiger partial charge in [0.15, 0.2) is 0 Å². The molecule has 0 aromatic heterocycles. The first kappa shape index (κ1) is 12.4. The van der Waals surface area contributed by atoms with E-state index in [1.54, 1.807) is 0 Å². The average Bonchev–Trinajstić information content (AvgIpc) is 2.84. The van der Waals surface area contributed by atoms with E-state index >= 15 is 0 Å². The molecule has 1 heterocycles. The van der Waals surface area contributed by atoms with Crippen molar-refractivity contribution in [2.45, 2.75) is 10.8 Å².